The van der Waals surface area contributed by atoms with Gasteiger partial charge in [0, 0.05) is 18.7 Å². The average molecular weight is 422 g/mol. The predicted molar refractivity (Wildman–Crippen MR) is 120 cm³/mol. The zero-order valence-corrected chi connectivity index (χ0v) is 18.2. The standard InChI is InChI=1S/C25H31N3O3/c1-18(2)16-21(23(29)26-17-19-10-5-3-6-11-19)27-24(30)22-14-9-15-28(22)25(31)20-12-7-4-8-13-20/h3-8,10-13,18,21-22H,9,14-17H2,1-2H3,(H,26,29)(H,27,30)/t21-,22-/m0/s1. The Kier molecular flexibility index (Phi) is 7.82. The van der Waals surface area contributed by atoms with Crippen molar-refractivity contribution in [2.75, 3.05) is 6.54 Å². The SMILES string of the molecule is CC(C)C[C@H](NC(=O)[C@@H]1CCCN1C(=O)c1ccccc1)C(=O)NCc1ccccc1. The highest BCUT2D eigenvalue weighted by molar-refractivity contribution is 5.98. The Balaban J connectivity index is 1.65. The van der Waals surface area contributed by atoms with Gasteiger partial charge in [-0.05, 0) is 42.9 Å². The van der Waals surface area contributed by atoms with Gasteiger partial charge in [0.05, 0.1) is 0 Å². The molecule has 6 heteroatoms. The average Bonchev–Trinajstić information content (AvgIpc) is 3.27. The second kappa shape index (κ2) is 10.8. The molecule has 2 aromatic rings. The molecule has 1 heterocycles. The first-order chi connectivity index (χ1) is 15.0. The van der Waals surface area contributed by atoms with Crippen molar-refractivity contribution in [2.24, 2.45) is 5.92 Å². The Bertz CT molecular complexity index is 883. The van der Waals surface area contributed by atoms with Crippen LogP contribution >= 0.6 is 0 Å². The molecule has 164 valence electrons. The molecule has 2 atom stereocenters. The van der Waals surface area contributed by atoms with Crippen molar-refractivity contribution in [1.82, 2.24) is 15.5 Å². The maximum atomic E-state index is 13.1. The lowest BCUT2D eigenvalue weighted by atomic mass is 10.0. The molecule has 0 unspecified atom stereocenters. The smallest absolute Gasteiger partial charge is 0.254 e. The summed E-state index contributed by atoms with van der Waals surface area (Å²) in [4.78, 5) is 40.4. The van der Waals surface area contributed by atoms with Gasteiger partial charge in [0.15, 0.2) is 0 Å². The lowest BCUT2D eigenvalue weighted by molar-refractivity contribution is -0.131. The van der Waals surface area contributed by atoms with E-state index in [2.05, 4.69) is 10.6 Å². The first-order valence-electron chi connectivity index (χ1n) is 10.9. The second-order valence-electron chi connectivity index (χ2n) is 8.42. The van der Waals surface area contributed by atoms with Crippen LogP contribution in [0.1, 0.15) is 49.0 Å². The van der Waals surface area contributed by atoms with Crippen molar-refractivity contribution in [1.29, 1.82) is 0 Å². The Morgan fingerprint density at radius 2 is 1.65 bits per heavy atom. The van der Waals surface area contributed by atoms with Crippen LogP contribution in [-0.2, 0) is 16.1 Å². The summed E-state index contributed by atoms with van der Waals surface area (Å²) in [5.74, 6) is -0.377. The maximum absolute atomic E-state index is 13.1. The normalized spacial score (nSPS) is 16.7. The van der Waals surface area contributed by atoms with E-state index < -0.39 is 12.1 Å². The number of likely N-dealkylation sites (tertiary alicyclic amines) is 1. The van der Waals surface area contributed by atoms with Gasteiger partial charge < -0.3 is 15.5 Å². The van der Waals surface area contributed by atoms with Gasteiger partial charge in [-0.15, -0.1) is 0 Å². The third-order valence-electron chi connectivity index (χ3n) is 5.49. The molecular weight excluding hydrogens is 390 g/mol. The Hall–Kier alpha value is -3.15. The third kappa shape index (κ3) is 6.17. The number of nitrogens with zero attached hydrogens (tertiary/aromatic N) is 1. The van der Waals surface area contributed by atoms with Crippen molar-refractivity contribution < 1.29 is 14.4 Å². The summed E-state index contributed by atoms with van der Waals surface area (Å²) >= 11 is 0. The number of benzene rings is 2. The minimum atomic E-state index is -0.634. The largest absolute Gasteiger partial charge is 0.350 e. The van der Waals surface area contributed by atoms with E-state index in [1.807, 2.05) is 62.4 Å². The van der Waals surface area contributed by atoms with E-state index in [1.54, 1.807) is 17.0 Å². The minimum Gasteiger partial charge on any atom is -0.350 e. The molecule has 2 aromatic carbocycles. The van der Waals surface area contributed by atoms with Crippen LogP contribution in [0, 0.1) is 5.92 Å². The summed E-state index contributed by atoms with van der Waals surface area (Å²) in [6.07, 6.45) is 1.90. The molecule has 0 saturated carbocycles. The Labute approximate surface area is 184 Å². The molecule has 1 saturated heterocycles. The molecule has 0 radical (unpaired) electrons. The van der Waals surface area contributed by atoms with E-state index >= 15 is 0 Å². The molecule has 3 rings (SSSR count). The van der Waals surface area contributed by atoms with E-state index in [0.717, 1.165) is 12.0 Å². The van der Waals surface area contributed by atoms with Crippen LogP contribution in [-0.4, -0.2) is 41.2 Å². The Morgan fingerprint density at radius 1 is 1.00 bits per heavy atom. The van der Waals surface area contributed by atoms with Crippen LogP contribution in [0.5, 0.6) is 0 Å². The molecule has 31 heavy (non-hydrogen) atoms. The molecule has 3 amide bonds. The summed E-state index contributed by atoms with van der Waals surface area (Å²) in [6.45, 7) is 4.99. The van der Waals surface area contributed by atoms with Crippen LogP contribution in [0.3, 0.4) is 0 Å². The summed E-state index contributed by atoms with van der Waals surface area (Å²) in [6, 6.07) is 17.5. The molecule has 1 aliphatic rings. The predicted octanol–water partition coefficient (Wildman–Crippen LogP) is 3.14. The number of amides is 3. The zero-order chi connectivity index (χ0) is 22.2. The van der Waals surface area contributed by atoms with Crippen LogP contribution in [0.25, 0.3) is 0 Å². The molecule has 1 aliphatic heterocycles. The lowest BCUT2D eigenvalue weighted by Crippen LogP contribution is -2.53. The van der Waals surface area contributed by atoms with Crippen molar-refractivity contribution >= 4 is 17.7 Å². The van der Waals surface area contributed by atoms with Crippen molar-refractivity contribution in [2.45, 2.75) is 51.7 Å². The number of rotatable bonds is 8. The molecule has 0 spiro atoms. The highest BCUT2D eigenvalue weighted by atomic mass is 16.2. The van der Waals surface area contributed by atoms with Gasteiger partial charge in [0.25, 0.3) is 5.91 Å². The van der Waals surface area contributed by atoms with E-state index in [4.69, 9.17) is 0 Å². The van der Waals surface area contributed by atoms with Crippen LogP contribution in [0.2, 0.25) is 0 Å². The van der Waals surface area contributed by atoms with Gasteiger partial charge in [0.1, 0.15) is 12.1 Å². The number of nitrogens with one attached hydrogen (secondary N) is 2. The van der Waals surface area contributed by atoms with Gasteiger partial charge >= 0.3 is 0 Å². The number of hydrogen-bond donors (Lipinski definition) is 2. The molecule has 0 aliphatic carbocycles. The highest BCUT2D eigenvalue weighted by Gasteiger charge is 2.36. The Morgan fingerprint density at radius 3 is 2.29 bits per heavy atom. The summed E-state index contributed by atoms with van der Waals surface area (Å²) < 4.78 is 0. The van der Waals surface area contributed by atoms with Gasteiger partial charge in [-0.1, -0.05) is 62.4 Å². The van der Waals surface area contributed by atoms with E-state index in [1.165, 1.54) is 0 Å². The second-order valence-corrected chi connectivity index (χ2v) is 8.42. The first kappa shape index (κ1) is 22.5. The summed E-state index contributed by atoms with van der Waals surface area (Å²) in [5.41, 5.74) is 1.57. The van der Waals surface area contributed by atoms with Crippen molar-refractivity contribution in [3.05, 3.63) is 71.8 Å². The zero-order valence-electron chi connectivity index (χ0n) is 18.2. The summed E-state index contributed by atoms with van der Waals surface area (Å²) in [5, 5.41) is 5.84. The molecular formula is C25H31N3O3. The maximum Gasteiger partial charge on any atom is 0.254 e. The van der Waals surface area contributed by atoms with Gasteiger partial charge in [-0.3, -0.25) is 14.4 Å². The van der Waals surface area contributed by atoms with Gasteiger partial charge in [-0.2, -0.15) is 0 Å². The monoisotopic (exact) mass is 421 g/mol. The third-order valence-corrected chi connectivity index (χ3v) is 5.49. The van der Waals surface area contributed by atoms with E-state index in [0.29, 0.717) is 31.5 Å². The highest BCUT2D eigenvalue weighted by Crippen LogP contribution is 2.21. The van der Waals surface area contributed by atoms with Crippen LogP contribution in [0.4, 0.5) is 0 Å². The molecule has 1 fully saturated rings. The minimum absolute atomic E-state index is 0.146. The van der Waals surface area contributed by atoms with Crippen molar-refractivity contribution in [3.63, 3.8) is 0 Å². The molecule has 0 bridgehead atoms. The lowest BCUT2D eigenvalue weighted by Gasteiger charge is -2.27. The number of hydrogen-bond acceptors (Lipinski definition) is 3. The molecule has 0 aromatic heterocycles. The van der Waals surface area contributed by atoms with E-state index in [-0.39, 0.29) is 23.6 Å². The van der Waals surface area contributed by atoms with Crippen LogP contribution < -0.4 is 10.6 Å². The fourth-order valence-corrected chi connectivity index (χ4v) is 3.91. The molecule has 2 N–H and O–H groups in total. The topological polar surface area (TPSA) is 78.5 Å². The first-order valence-corrected chi connectivity index (χ1v) is 10.9. The van der Waals surface area contributed by atoms with Gasteiger partial charge in [0.2, 0.25) is 11.8 Å². The van der Waals surface area contributed by atoms with Crippen molar-refractivity contribution in [3.8, 4) is 0 Å². The quantitative estimate of drug-likeness (QED) is 0.687. The number of carbonyl (C=O) groups excluding carboxylic acids is 3. The summed E-state index contributed by atoms with van der Waals surface area (Å²) in [7, 11) is 0. The van der Waals surface area contributed by atoms with Crippen LogP contribution in [0.15, 0.2) is 60.7 Å². The number of carbonyl (C=O) groups is 3. The fraction of sp³-hybridized carbons (Fsp3) is 0.400. The van der Waals surface area contributed by atoms with Gasteiger partial charge in [-0.25, -0.2) is 0 Å². The van der Waals surface area contributed by atoms with E-state index in [9.17, 15) is 14.4 Å². The molecule has 6 nitrogen and oxygen atoms in total. The fourth-order valence-electron chi connectivity index (χ4n) is 3.91.